The number of fused-ring (bicyclic) bond motifs is 1. The molecule has 0 amide bonds. The molecule has 2 nitrogen and oxygen atoms in total. The fourth-order valence-corrected chi connectivity index (χ4v) is 3.83. The summed E-state index contributed by atoms with van der Waals surface area (Å²) in [5.41, 5.74) is 4.72. The molecule has 1 aromatic rings. The topological polar surface area (TPSA) is 15.3 Å². The zero-order valence-electron chi connectivity index (χ0n) is 13.7. The van der Waals surface area contributed by atoms with E-state index in [-0.39, 0.29) is 0 Å². The van der Waals surface area contributed by atoms with Crippen molar-refractivity contribution in [3.05, 3.63) is 34.9 Å². The Kier molecular flexibility index (Phi) is 4.97. The maximum Gasteiger partial charge on any atom is 0.0237 e. The van der Waals surface area contributed by atoms with Crippen molar-refractivity contribution in [1.82, 2.24) is 10.2 Å². The molecule has 116 valence electrons. The molecular formula is C19H30N2. The molecule has 1 fully saturated rings. The van der Waals surface area contributed by atoms with Gasteiger partial charge in [-0.1, -0.05) is 32.0 Å². The fourth-order valence-electron chi connectivity index (χ4n) is 3.83. The van der Waals surface area contributed by atoms with Crippen molar-refractivity contribution in [3.63, 3.8) is 0 Å². The van der Waals surface area contributed by atoms with Crippen molar-refractivity contribution in [1.29, 1.82) is 0 Å². The van der Waals surface area contributed by atoms with Gasteiger partial charge < -0.3 is 5.32 Å². The van der Waals surface area contributed by atoms with Crippen LogP contribution in [0.25, 0.3) is 0 Å². The van der Waals surface area contributed by atoms with Gasteiger partial charge >= 0.3 is 0 Å². The number of aryl methyl sites for hydroxylation is 2. The minimum atomic E-state index is 0.733. The summed E-state index contributed by atoms with van der Waals surface area (Å²) in [6.07, 6.45) is 6.66. The van der Waals surface area contributed by atoms with E-state index in [2.05, 4.69) is 42.3 Å². The van der Waals surface area contributed by atoms with Gasteiger partial charge in [0.25, 0.3) is 0 Å². The first-order valence-electron chi connectivity index (χ1n) is 8.78. The summed E-state index contributed by atoms with van der Waals surface area (Å²) < 4.78 is 0. The van der Waals surface area contributed by atoms with Gasteiger partial charge in [0.15, 0.2) is 0 Å². The molecule has 0 saturated carbocycles. The highest BCUT2D eigenvalue weighted by Gasteiger charge is 2.24. The Bertz CT molecular complexity index is 467. The number of nitrogens with one attached hydrogen (secondary N) is 1. The highest BCUT2D eigenvalue weighted by molar-refractivity contribution is 5.35. The van der Waals surface area contributed by atoms with Crippen molar-refractivity contribution in [2.45, 2.75) is 58.5 Å². The van der Waals surface area contributed by atoms with Crippen LogP contribution in [-0.4, -0.2) is 30.6 Å². The molecule has 1 N–H and O–H groups in total. The van der Waals surface area contributed by atoms with Crippen LogP contribution in [-0.2, 0) is 19.4 Å². The lowest BCUT2D eigenvalue weighted by molar-refractivity contribution is 0.237. The molecule has 0 bridgehead atoms. The summed E-state index contributed by atoms with van der Waals surface area (Å²) in [6.45, 7) is 9.27. The number of benzene rings is 1. The number of hydrogen-bond acceptors (Lipinski definition) is 2. The number of nitrogens with zero attached hydrogens (tertiary/aromatic N) is 1. The van der Waals surface area contributed by atoms with Crippen molar-refractivity contribution >= 4 is 0 Å². The minimum absolute atomic E-state index is 0.733. The van der Waals surface area contributed by atoms with Crippen molar-refractivity contribution < 1.29 is 0 Å². The monoisotopic (exact) mass is 286 g/mol. The number of likely N-dealkylation sites (tertiary alicyclic amines) is 1. The average molecular weight is 286 g/mol. The van der Waals surface area contributed by atoms with E-state index in [1.54, 1.807) is 11.1 Å². The van der Waals surface area contributed by atoms with E-state index in [1.807, 2.05) is 0 Å². The first kappa shape index (κ1) is 15.1. The lowest BCUT2D eigenvalue weighted by Crippen LogP contribution is -2.38. The van der Waals surface area contributed by atoms with Crippen LogP contribution in [0.15, 0.2) is 18.2 Å². The SMILES string of the molecule is CC(C)CNCC1CCCN1Cc1ccc2c(c1)CCC2. The minimum Gasteiger partial charge on any atom is -0.315 e. The van der Waals surface area contributed by atoms with Gasteiger partial charge in [-0.05, 0) is 67.8 Å². The summed E-state index contributed by atoms with van der Waals surface area (Å²) >= 11 is 0. The van der Waals surface area contributed by atoms with E-state index in [9.17, 15) is 0 Å². The van der Waals surface area contributed by atoms with E-state index >= 15 is 0 Å². The molecule has 1 heterocycles. The van der Waals surface area contributed by atoms with Crippen LogP contribution in [0.2, 0.25) is 0 Å². The first-order chi connectivity index (χ1) is 10.2. The molecule has 3 rings (SSSR count). The summed E-state index contributed by atoms with van der Waals surface area (Å²) in [7, 11) is 0. The van der Waals surface area contributed by atoms with Gasteiger partial charge in [0.1, 0.15) is 0 Å². The second kappa shape index (κ2) is 6.93. The van der Waals surface area contributed by atoms with Crippen LogP contribution in [0, 0.1) is 5.92 Å². The van der Waals surface area contributed by atoms with Gasteiger partial charge in [-0.3, -0.25) is 4.90 Å². The summed E-state index contributed by atoms with van der Waals surface area (Å²) in [6, 6.07) is 7.94. The van der Waals surface area contributed by atoms with E-state index < -0.39 is 0 Å². The molecule has 1 aliphatic heterocycles. The van der Waals surface area contributed by atoms with Crippen LogP contribution < -0.4 is 5.32 Å². The second-order valence-corrected chi connectivity index (χ2v) is 7.28. The van der Waals surface area contributed by atoms with E-state index in [0.29, 0.717) is 0 Å². The third kappa shape index (κ3) is 3.87. The highest BCUT2D eigenvalue weighted by Crippen LogP contribution is 2.25. The molecule has 1 atom stereocenters. The van der Waals surface area contributed by atoms with Gasteiger partial charge in [-0.25, -0.2) is 0 Å². The predicted octanol–water partition coefficient (Wildman–Crippen LogP) is 3.39. The zero-order chi connectivity index (χ0) is 14.7. The Morgan fingerprint density at radius 3 is 2.90 bits per heavy atom. The number of rotatable bonds is 6. The summed E-state index contributed by atoms with van der Waals surface area (Å²) in [5, 5.41) is 3.64. The third-order valence-electron chi connectivity index (χ3n) is 4.98. The van der Waals surface area contributed by atoms with Crippen LogP contribution >= 0.6 is 0 Å². The Labute approximate surface area is 129 Å². The van der Waals surface area contributed by atoms with Crippen molar-refractivity contribution in [2.75, 3.05) is 19.6 Å². The Morgan fingerprint density at radius 1 is 1.19 bits per heavy atom. The standard InChI is InChI=1S/C19H30N2/c1-15(2)12-20-13-19-7-4-10-21(19)14-16-8-9-17-5-3-6-18(17)11-16/h8-9,11,15,19-20H,3-7,10,12-14H2,1-2H3. The third-order valence-corrected chi connectivity index (χ3v) is 4.98. The molecule has 0 spiro atoms. The van der Waals surface area contributed by atoms with Crippen molar-refractivity contribution in [3.8, 4) is 0 Å². The Hall–Kier alpha value is -0.860. The maximum absolute atomic E-state index is 3.64. The van der Waals surface area contributed by atoms with E-state index in [0.717, 1.165) is 31.6 Å². The lowest BCUT2D eigenvalue weighted by Gasteiger charge is -2.25. The molecular weight excluding hydrogens is 256 g/mol. The Balaban J connectivity index is 1.56. The van der Waals surface area contributed by atoms with Crippen LogP contribution in [0.4, 0.5) is 0 Å². The van der Waals surface area contributed by atoms with Crippen LogP contribution in [0.3, 0.4) is 0 Å². The molecule has 2 aliphatic rings. The molecule has 1 saturated heterocycles. The van der Waals surface area contributed by atoms with Gasteiger partial charge in [0.05, 0.1) is 0 Å². The lowest BCUT2D eigenvalue weighted by atomic mass is 10.1. The van der Waals surface area contributed by atoms with Gasteiger partial charge in [0, 0.05) is 19.1 Å². The quantitative estimate of drug-likeness (QED) is 0.862. The second-order valence-electron chi connectivity index (χ2n) is 7.28. The average Bonchev–Trinajstić information content (AvgIpc) is 3.07. The Morgan fingerprint density at radius 2 is 2.05 bits per heavy atom. The zero-order valence-corrected chi connectivity index (χ0v) is 13.7. The van der Waals surface area contributed by atoms with Crippen molar-refractivity contribution in [2.24, 2.45) is 5.92 Å². The molecule has 1 unspecified atom stereocenters. The summed E-state index contributed by atoms with van der Waals surface area (Å²) in [4.78, 5) is 2.68. The molecule has 1 aliphatic carbocycles. The van der Waals surface area contributed by atoms with E-state index in [1.165, 1.54) is 44.2 Å². The smallest absolute Gasteiger partial charge is 0.0237 e. The molecule has 2 heteroatoms. The van der Waals surface area contributed by atoms with Crippen LogP contribution in [0.1, 0.15) is 49.8 Å². The normalized spacial score (nSPS) is 22.1. The highest BCUT2D eigenvalue weighted by atomic mass is 15.2. The fraction of sp³-hybridized carbons (Fsp3) is 0.684. The van der Waals surface area contributed by atoms with Crippen LogP contribution in [0.5, 0.6) is 0 Å². The first-order valence-corrected chi connectivity index (χ1v) is 8.78. The largest absolute Gasteiger partial charge is 0.315 e. The van der Waals surface area contributed by atoms with E-state index in [4.69, 9.17) is 0 Å². The van der Waals surface area contributed by atoms with Gasteiger partial charge in [0.2, 0.25) is 0 Å². The molecule has 1 aromatic carbocycles. The predicted molar refractivity (Wildman–Crippen MR) is 89.6 cm³/mol. The molecule has 0 radical (unpaired) electrons. The molecule has 21 heavy (non-hydrogen) atoms. The number of hydrogen-bond donors (Lipinski definition) is 1. The summed E-state index contributed by atoms with van der Waals surface area (Å²) in [5.74, 6) is 0.747. The van der Waals surface area contributed by atoms with Gasteiger partial charge in [-0.15, -0.1) is 0 Å². The molecule has 0 aromatic heterocycles. The maximum atomic E-state index is 3.64. The van der Waals surface area contributed by atoms with Gasteiger partial charge in [-0.2, -0.15) is 0 Å².